The first-order chi connectivity index (χ1) is 11.9. The zero-order valence-electron chi connectivity index (χ0n) is 14.3. The van der Waals surface area contributed by atoms with Crippen LogP contribution < -0.4 is 10.6 Å². The third-order valence-electron chi connectivity index (χ3n) is 3.58. The molecule has 0 fully saturated rings. The molecule has 0 saturated heterocycles. The van der Waals surface area contributed by atoms with Gasteiger partial charge in [0.1, 0.15) is 11.5 Å². The van der Waals surface area contributed by atoms with Gasteiger partial charge in [0.05, 0.1) is 5.02 Å². The van der Waals surface area contributed by atoms with Crippen LogP contribution in [0.3, 0.4) is 0 Å². The van der Waals surface area contributed by atoms with E-state index in [2.05, 4.69) is 25.6 Å². The molecule has 8 heteroatoms. The van der Waals surface area contributed by atoms with Crippen LogP contribution in [0.15, 0.2) is 30.7 Å². The molecule has 134 valence electrons. The van der Waals surface area contributed by atoms with E-state index < -0.39 is 0 Å². The fourth-order valence-corrected chi connectivity index (χ4v) is 2.64. The number of carbonyl (C=O) groups is 2. The SMILES string of the molecule is CC(CC(C)NC(=O)c1cc(Cl)c[nH]1)NC(=O)CCc1ncccn1. The minimum atomic E-state index is -0.223. The molecule has 0 aliphatic heterocycles. The topological polar surface area (TPSA) is 99.8 Å². The fourth-order valence-electron chi connectivity index (χ4n) is 2.48. The highest BCUT2D eigenvalue weighted by Crippen LogP contribution is 2.10. The van der Waals surface area contributed by atoms with Gasteiger partial charge in [-0.15, -0.1) is 0 Å². The Bertz CT molecular complexity index is 704. The van der Waals surface area contributed by atoms with E-state index in [1.165, 1.54) is 0 Å². The van der Waals surface area contributed by atoms with Crippen LogP contribution in [0.2, 0.25) is 5.02 Å². The van der Waals surface area contributed by atoms with Crippen LogP contribution in [-0.4, -0.2) is 38.8 Å². The number of nitrogens with one attached hydrogen (secondary N) is 3. The number of nitrogens with zero attached hydrogens (tertiary/aromatic N) is 2. The number of hydrogen-bond acceptors (Lipinski definition) is 4. The van der Waals surface area contributed by atoms with Gasteiger partial charge in [0, 0.05) is 43.5 Å². The number of H-pyrrole nitrogens is 1. The Hall–Kier alpha value is -2.41. The smallest absolute Gasteiger partial charge is 0.267 e. The van der Waals surface area contributed by atoms with Gasteiger partial charge in [-0.2, -0.15) is 0 Å². The van der Waals surface area contributed by atoms with Gasteiger partial charge in [-0.1, -0.05) is 11.6 Å². The van der Waals surface area contributed by atoms with E-state index in [0.29, 0.717) is 35.8 Å². The first-order valence-electron chi connectivity index (χ1n) is 8.14. The van der Waals surface area contributed by atoms with E-state index in [1.54, 1.807) is 30.7 Å². The summed E-state index contributed by atoms with van der Waals surface area (Å²) in [4.78, 5) is 35.0. The summed E-state index contributed by atoms with van der Waals surface area (Å²) in [5, 5.41) is 6.28. The Morgan fingerprint density at radius 1 is 1.20 bits per heavy atom. The van der Waals surface area contributed by atoms with Gasteiger partial charge in [-0.25, -0.2) is 9.97 Å². The van der Waals surface area contributed by atoms with Crippen molar-refractivity contribution < 1.29 is 9.59 Å². The number of rotatable bonds is 8. The maximum Gasteiger partial charge on any atom is 0.267 e. The number of aryl methyl sites for hydroxylation is 1. The van der Waals surface area contributed by atoms with Gasteiger partial charge in [0.25, 0.3) is 5.91 Å². The van der Waals surface area contributed by atoms with Crippen LogP contribution in [0.25, 0.3) is 0 Å². The minimum Gasteiger partial charge on any atom is -0.356 e. The summed E-state index contributed by atoms with van der Waals surface area (Å²) in [6, 6.07) is 3.15. The summed E-state index contributed by atoms with van der Waals surface area (Å²) in [6.07, 6.45) is 6.32. The van der Waals surface area contributed by atoms with E-state index >= 15 is 0 Å². The summed E-state index contributed by atoms with van der Waals surface area (Å²) in [6.45, 7) is 3.80. The number of halogens is 1. The van der Waals surface area contributed by atoms with E-state index in [1.807, 2.05) is 13.8 Å². The maximum atomic E-state index is 12.0. The standard InChI is InChI=1S/C17H22ClN5O2/c1-11(22-16(24)5-4-15-19-6-3-7-20-15)8-12(2)23-17(25)14-9-13(18)10-21-14/h3,6-7,9-12,21H,4-5,8H2,1-2H3,(H,22,24)(H,23,25). The predicted molar refractivity (Wildman–Crippen MR) is 95.3 cm³/mol. The number of carbonyl (C=O) groups excluding carboxylic acids is 2. The van der Waals surface area contributed by atoms with Gasteiger partial charge >= 0.3 is 0 Å². The molecule has 0 saturated carbocycles. The number of aromatic nitrogens is 3. The lowest BCUT2D eigenvalue weighted by atomic mass is 10.1. The van der Waals surface area contributed by atoms with Gasteiger partial charge in [0.15, 0.2) is 0 Å². The van der Waals surface area contributed by atoms with Crippen molar-refractivity contribution >= 4 is 23.4 Å². The van der Waals surface area contributed by atoms with Crippen LogP contribution in [0.4, 0.5) is 0 Å². The lowest BCUT2D eigenvalue weighted by Gasteiger charge is -2.19. The molecule has 0 aliphatic rings. The number of aromatic amines is 1. The Kier molecular flexibility index (Phi) is 6.94. The highest BCUT2D eigenvalue weighted by atomic mass is 35.5. The summed E-state index contributed by atoms with van der Waals surface area (Å²) in [5.41, 5.74) is 0.413. The molecule has 2 heterocycles. The molecular weight excluding hydrogens is 342 g/mol. The van der Waals surface area contributed by atoms with E-state index in [4.69, 9.17) is 11.6 Å². The molecule has 2 atom stereocenters. The van der Waals surface area contributed by atoms with E-state index in [0.717, 1.165) is 0 Å². The molecule has 0 aliphatic carbocycles. The highest BCUT2D eigenvalue weighted by molar-refractivity contribution is 6.30. The molecule has 0 radical (unpaired) electrons. The third-order valence-corrected chi connectivity index (χ3v) is 3.80. The second-order valence-corrected chi connectivity index (χ2v) is 6.41. The molecule has 7 nitrogen and oxygen atoms in total. The van der Waals surface area contributed by atoms with Gasteiger partial charge in [-0.05, 0) is 32.4 Å². The van der Waals surface area contributed by atoms with Crippen LogP contribution >= 0.6 is 11.6 Å². The van der Waals surface area contributed by atoms with Crippen LogP contribution in [0, 0.1) is 0 Å². The Morgan fingerprint density at radius 2 is 1.88 bits per heavy atom. The average molecular weight is 364 g/mol. The van der Waals surface area contributed by atoms with E-state index in [-0.39, 0.29) is 23.9 Å². The first-order valence-corrected chi connectivity index (χ1v) is 8.52. The average Bonchev–Trinajstić information content (AvgIpc) is 3.00. The van der Waals surface area contributed by atoms with E-state index in [9.17, 15) is 9.59 Å². The predicted octanol–water partition coefficient (Wildman–Crippen LogP) is 2.10. The molecule has 0 spiro atoms. The van der Waals surface area contributed by atoms with Crippen molar-refractivity contribution in [2.45, 2.75) is 45.2 Å². The van der Waals surface area contributed by atoms with Crippen molar-refractivity contribution in [3.63, 3.8) is 0 Å². The zero-order valence-corrected chi connectivity index (χ0v) is 15.0. The van der Waals surface area contributed by atoms with Crippen molar-refractivity contribution in [1.29, 1.82) is 0 Å². The lowest BCUT2D eigenvalue weighted by Crippen LogP contribution is -2.40. The van der Waals surface area contributed by atoms with Crippen molar-refractivity contribution in [3.8, 4) is 0 Å². The largest absolute Gasteiger partial charge is 0.356 e. The van der Waals surface area contributed by atoms with Crippen molar-refractivity contribution in [2.75, 3.05) is 0 Å². The molecule has 0 bridgehead atoms. The molecule has 2 rings (SSSR count). The second kappa shape index (κ2) is 9.17. The lowest BCUT2D eigenvalue weighted by molar-refractivity contribution is -0.121. The zero-order chi connectivity index (χ0) is 18.2. The van der Waals surface area contributed by atoms with Crippen molar-refractivity contribution in [1.82, 2.24) is 25.6 Å². The molecule has 2 aromatic heterocycles. The normalized spacial score (nSPS) is 13.1. The molecule has 3 N–H and O–H groups in total. The molecule has 2 aromatic rings. The molecular formula is C17H22ClN5O2. The summed E-state index contributed by atoms with van der Waals surface area (Å²) >= 11 is 5.79. The Labute approximate surface area is 151 Å². The molecule has 2 amide bonds. The van der Waals surface area contributed by atoms with Crippen LogP contribution in [0.1, 0.15) is 43.0 Å². The van der Waals surface area contributed by atoms with Gasteiger partial charge in [-0.3, -0.25) is 9.59 Å². The van der Waals surface area contributed by atoms with Gasteiger partial charge in [0.2, 0.25) is 5.91 Å². The van der Waals surface area contributed by atoms with Gasteiger partial charge < -0.3 is 15.6 Å². The third kappa shape index (κ3) is 6.54. The Morgan fingerprint density at radius 3 is 2.52 bits per heavy atom. The number of hydrogen-bond donors (Lipinski definition) is 3. The van der Waals surface area contributed by atoms with Crippen molar-refractivity contribution in [2.24, 2.45) is 0 Å². The second-order valence-electron chi connectivity index (χ2n) is 5.98. The van der Waals surface area contributed by atoms with Crippen molar-refractivity contribution in [3.05, 3.63) is 47.3 Å². The monoisotopic (exact) mass is 363 g/mol. The summed E-state index contributed by atoms with van der Waals surface area (Å²) in [7, 11) is 0. The molecule has 25 heavy (non-hydrogen) atoms. The van der Waals surface area contributed by atoms with Crippen LogP contribution in [0.5, 0.6) is 0 Å². The number of amides is 2. The molecule has 2 unspecified atom stereocenters. The summed E-state index contributed by atoms with van der Waals surface area (Å²) < 4.78 is 0. The minimum absolute atomic E-state index is 0.0605. The van der Waals surface area contributed by atoms with Crippen LogP contribution in [-0.2, 0) is 11.2 Å². The summed E-state index contributed by atoms with van der Waals surface area (Å²) in [5.74, 6) is 0.365. The molecule has 0 aromatic carbocycles. The Balaban J connectivity index is 1.70. The highest BCUT2D eigenvalue weighted by Gasteiger charge is 2.15. The fraction of sp³-hybridized carbons (Fsp3) is 0.412. The first kappa shape index (κ1) is 18.9. The maximum absolute atomic E-state index is 12.0. The quantitative estimate of drug-likeness (QED) is 0.668.